The molecule has 0 amide bonds. The van der Waals surface area contributed by atoms with Gasteiger partial charge in [-0.3, -0.25) is 0 Å². The van der Waals surface area contributed by atoms with Crippen molar-refractivity contribution in [2.24, 2.45) is 0 Å². The van der Waals surface area contributed by atoms with Gasteiger partial charge >= 0.3 is 0 Å². The van der Waals surface area contributed by atoms with Gasteiger partial charge in [0.05, 0.1) is 18.6 Å². The van der Waals surface area contributed by atoms with Crippen molar-refractivity contribution in [3.8, 4) is 53.3 Å². The maximum Gasteiger partial charge on any atom is 0.174 e. The van der Waals surface area contributed by atoms with Crippen LogP contribution in [0.25, 0.3) is 43.1 Å². The van der Waals surface area contributed by atoms with Crippen molar-refractivity contribution in [3.63, 3.8) is 0 Å². The van der Waals surface area contributed by atoms with E-state index >= 15 is 0 Å². The molecule has 0 saturated carbocycles. The second-order valence-electron chi connectivity index (χ2n) is 10.7. The van der Waals surface area contributed by atoms with Crippen molar-refractivity contribution in [2.75, 3.05) is 26.4 Å². The fraction of sp³-hybridized carbons (Fsp3) is 0.135. The zero-order valence-electron chi connectivity index (χ0n) is 23.2. The molecular formula is C37H28O4S2. The molecule has 2 aliphatic rings. The van der Waals surface area contributed by atoms with E-state index < -0.39 is 5.41 Å². The zero-order chi connectivity index (χ0) is 29.0. The summed E-state index contributed by atoms with van der Waals surface area (Å²) in [5, 5.41) is 20.0. The van der Waals surface area contributed by atoms with Gasteiger partial charge in [0.1, 0.15) is 13.2 Å². The third-order valence-electron chi connectivity index (χ3n) is 8.49. The van der Waals surface area contributed by atoms with Gasteiger partial charge in [-0.2, -0.15) is 0 Å². The van der Waals surface area contributed by atoms with Crippen LogP contribution < -0.4 is 9.47 Å². The maximum atomic E-state index is 9.21. The SMILES string of the molecule is OCCOc1ccc(-c2ccc3c(c2)C2(c4ccccc4-3)c3ccccc3-c3ccc(-c4ccc(OCCO)s4)cc32)s1. The summed E-state index contributed by atoms with van der Waals surface area (Å²) in [7, 11) is 0. The number of aliphatic hydroxyl groups excluding tert-OH is 2. The third kappa shape index (κ3) is 4.02. The van der Waals surface area contributed by atoms with Crippen molar-refractivity contribution < 1.29 is 19.7 Å². The highest BCUT2D eigenvalue weighted by Gasteiger charge is 2.51. The van der Waals surface area contributed by atoms with Gasteiger partial charge in [-0.15, -0.1) is 0 Å². The first kappa shape index (κ1) is 26.4. The lowest BCUT2D eigenvalue weighted by atomic mass is 9.70. The molecule has 4 aromatic carbocycles. The van der Waals surface area contributed by atoms with Gasteiger partial charge in [-0.25, -0.2) is 0 Å². The molecule has 0 fully saturated rings. The number of rotatable bonds is 8. The first-order valence-electron chi connectivity index (χ1n) is 14.4. The summed E-state index contributed by atoms with van der Waals surface area (Å²) in [6, 6.07) is 39.6. The van der Waals surface area contributed by atoms with E-state index in [1.54, 1.807) is 22.7 Å². The molecule has 43 heavy (non-hydrogen) atoms. The summed E-state index contributed by atoms with van der Waals surface area (Å²) in [6.45, 7) is 0.571. The molecule has 6 heteroatoms. The van der Waals surface area contributed by atoms with E-state index in [4.69, 9.17) is 9.47 Å². The lowest BCUT2D eigenvalue weighted by Gasteiger charge is -2.31. The first-order valence-corrected chi connectivity index (χ1v) is 16.0. The van der Waals surface area contributed by atoms with Crippen molar-refractivity contribution in [1.29, 1.82) is 0 Å². The highest BCUT2D eigenvalue weighted by atomic mass is 32.1. The predicted molar refractivity (Wildman–Crippen MR) is 175 cm³/mol. The highest BCUT2D eigenvalue weighted by Crippen LogP contribution is 2.63. The molecule has 2 N–H and O–H groups in total. The Morgan fingerprint density at radius 3 is 1.40 bits per heavy atom. The van der Waals surface area contributed by atoms with Crippen LogP contribution in [0.1, 0.15) is 22.3 Å². The molecule has 0 unspecified atom stereocenters. The van der Waals surface area contributed by atoms with Crippen molar-refractivity contribution in [2.45, 2.75) is 5.41 Å². The number of benzene rings is 4. The standard InChI is InChI=1S/C37H28O4S2/c38-17-19-40-35-15-13-33(42-35)23-9-11-27-25-5-1-3-7-29(25)37(31(27)21-23)30-8-4-2-6-26(30)28-12-10-24(22-32(28)37)34-14-16-36(43-34)41-20-18-39/h1-16,21-22,38-39H,17-20H2. The Kier molecular flexibility index (Phi) is 6.46. The van der Waals surface area contributed by atoms with E-state index in [2.05, 4.69) is 97.1 Å². The number of thiophene rings is 2. The van der Waals surface area contributed by atoms with Crippen LogP contribution in [0.15, 0.2) is 109 Å². The molecule has 8 rings (SSSR count). The summed E-state index contributed by atoms with van der Waals surface area (Å²) in [5.74, 6) is 0. The zero-order valence-corrected chi connectivity index (χ0v) is 24.9. The average molecular weight is 601 g/mol. The Morgan fingerprint density at radius 1 is 0.488 bits per heavy atom. The van der Waals surface area contributed by atoms with E-state index in [1.807, 2.05) is 12.1 Å². The Hall–Kier alpha value is -4.20. The van der Waals surface area contributed by atoms with Gasteiger partial charge in [-0.1, -0.05) is 95.5 Å². The van der Waals surface area contributed by atoms with Crippen molar-refractivity contribution in [1.82, 2.24) is 0 Å². The molecule has 6 aromatic rings. The highest BCUT2D eigenvalue weighted by molar-refractivity contribution is 7.17. The van der Waals surface area contributed by atoms with E-state index in [9.17, 15) is 10.2 Å². The van der Waals surface area contributed by atoms with Crippen molar-refractivity contribution in [3.05, 3.63) is 131 Å². The van der Waals surface area contributed by atoms with Gasteiger partial charge in [0.15, 0.2) is 10.1 Å². The van der Waals surface area contributed by atoms with Gasteiger partial charge in [0, 0.05) is 9.75 Å². The molecule has 2 aliphatic carbocycles. The molecule has 4 nitrogen and oxygen atoms in total. The molecule has 0 atom stereocenters. The minimum atomic E-state index is -0.454. The Morgan fingerprint density at radius 2 is 0.930 bits per heavy atom. The minimum absolute atomic E-state index is 0.00384. The fourth-order valence-corrected chi connectivity index (χ4v) is 8.60. The molecule has 1 spiro atoms. The molecule has 2 aromatic heterocycles. The number of fused-ring (bicyclic) bond motifs is 10. The van der Waals surface area contributed by atoms with Crippen LogP contribution >= 0.6 is 22.7 Å². The second-order valence-corrected chi connectivity index (χ2v) is 12.8. The van der Waals surface area contributed by atoms with Gasteiger partial charge in [0.2, 0.25) is 0 Å². The summed E-state index contributed by atoms with van der Waals surface area (Å²) in [5.41, 5.74) is 12.1. The first-order chi connectivity index (χ1) is 21.2. The number of hydrogen-bond donors (Lipinski definition) is 2. The molecule has 212 valence electrons. The van der Waals surface area contributed by atoms with E-state index in [-0.39, 0.29) is 26.4 Å². The quantitative estimate of drug-likeness (QED) is 0.185. The van der Waals surface area contributed by atoms with Gasteiger partial charge < -0.3 is 19.7 Å². The Labute approximate surface area is 258 Å². The van der Waals surface area contributed by atoms with E-state index in [1.165, 1.54) is 44.5 Å². The lowest BCUT2D eigenvalue weighted by Crippen LogP contribution is -2.26. The number of hydrogen-bond acceptors (Lipinski definition) is 6. The average Bonchev–Trinajstić information content (AvgIpc) is 3.84. The molecule has 0 bridgehead atoms. The Bertz CT molecular complexity index is 1840. The van der Waals surface area contributed by atoms with Crippen LogP contribution in [0.3, 0.4) is 0 Å². The number of ether oxygens (including phenoxy) is 2. The normalized spacial score (nSPS) is 13.4. The number of aliphatic hydroxyl groups is 2. The summed E-state index contributed by atoms with van der Waals surface area (Å²) in [6.07, 6.45) is 0. The lowest BCUT2D eigenvalue weighted by molar-refractivity contribution is 0.205. The maximum absolute atomic E-state index is 9.21. The van der Waals surface area contributed by atoms with Gasteiger partial charge in [0.25, 0.3) is 0 Å². The van der Waals surface area contributed by atoms with Gasteiger partial charge in [-0.05, 0) is 92.0 Å². The summed E-state index contributed by atoms with van der Waals surface area (Å²) < 4.78 is 11.4. The molecule has 0 saturated heterocycles. The fourth-order valence-electron chi connectivity index (χ4n) is 6.84. The van der Waals surface area contributed by atoms with Crippen molar-refractivity contribution >= 4 is 22.7 Å². The smallest absolute Gasteiger partial charge is 0.174 e. The van der Waals surface area contributed by atoms with Crippen LogP contribution in [0.2, 0.25) is 0 Å². The monoisotopic (exact) mass is 600 g/mol. The summed E-state index contributed by atoms with van der Waals surface area (Å²) in [4.78, 5) is 2.27. The second kappa shape index (κ2) is 10.5. The minimum Gasteiger partial charge on any atom is -0.482 e. The van der Waals surface area contributed by atoms with E-state index in [0.29, 0.717) is 0 Å². The van der Waals surface area contributed by atoms with Crippen LogP contribution in [-0.2, 0) is 5.41 Å². The van der Waals surface area contributed by atoms with E-state index in [0.717, 1.165) is 31.0 Å². The van der Waals surface area contributed by atoms with Crippen LogP contribution in [-0.4, -0.2) is 36.6 Å². The van der Waals surface area contributed by atoms with Crippen LogP contribution in [0, 0.1) is 0 Å². The predicted octanol–water partition coefficient (Wildman–Crippen LogP) is 8.23. The molecule has 0 radical (unpaired) electrons. The third-order valence-corrected chi connectivity index (χ3v) is 10.6. The molecule has 0 aliphatic heterocycles. The molecule has 2 heterocycles. The summed E-state index contributed by atoms with van der Waals surface area (Å²) >= 11 is 3.21. The van der Waals surface area contributed by atoms with Crippen LogP contribution in [0.4, 0.5) is 0 Å². The Balaban J connectivity index is 1.35. The van der Waals surface area contributed by atoms with Crippen LogP contribution in [0.5, 0.6) is 10.1 Å². The molecular weight excluding hydrogens is 573 g/mol. The topological polar surface area (TPSA) is 58.9 Å². The largest absolute Gasteiger partial charge is 0.482 e.